The fourth-order valence-electron chi connectivity index (χ4n) is 1.04. The third kappa shape index (κ3) is 2.11. The smallest absolute Gasteiger partial charge is 0.207 e. The fraction of sp³-hybridized carbons (Fsp3) is 0.500. The Morgan fingerprint density at radius 3 is 2.64 bits per heavy atom. The highest BCUT2D eigenvalue weighted by molar-refractivity contribution is 7.91. The summed E-state index contributed by atoms with van der Waals surface area (Å²) in [7, 11) is -3.31. The second-order valence-electron chi connectivity index (χ2n) is 3.42. The second-order valence-corrected chi connectivity index (χ2v) is 7.01. The molecule has 1 aromatic rings. The van der Waals surface area contributed by atoms with Gasteiger partial charge in [-0.1, -0.05) is 11.6 Å². The highest BCUT2D eigenvalue weighted by Crippen LogP contribution is 2.31. The summed E-state index contributed by atoms with van der Waals surface area (Å²) in [5.41, 5.74) is 0.813. The first kappa shape index (κ1) is 10.4. The van der Waals surface area contributed by atoms with E-state index in [0.717, 1.165) is 29.7 Å². The normalized spacial score (nSPS) is 17.3. The second kappa shape index (κ2) is 3.48. The fourth-order valence-corrected chi connectivity index (χ4v) is 4.07. The Morgan fingerprint density at radius 2 is 2.21 bits per heavy atom. The number of hydrogen-bond donors (Lipinski definition) is 1. The van der Waals surface area contributed by atoms with Gasteiger partial charge in [-0.2, -0.15) is 0 Å². The van der Waals surface area contributed by atoms with Crippen LogP contribution >= 0.6 is 22.9 Å². The molecule has 0 atom stereocenters. The zero-order valence-electron chi connectivity index (χ0n) is 7.58. The Labute approximate surface area is 92.1 Å². The molecule has 0 spiro atoms. The minimum atomic E-state index is -3.31. The first-order valence-corrected chi connectivity index (χ1v) is 6.95. The van der Waals surface area contributed by atoms with Crippen LogP contribution in [0.5, 0.6) is 0 Å². The summed E-state index contributed by atoms with van der Waals surface area (Å²) in [5, 5.41) is 0. The summed E-state index contributed by atoms with van der Waals surface area (Å²) >= 11 is 6.92. The third-order valence-electron chi connectivity index (χ3n) is 2.00. The van der Waals surface area contributed by atoms with Gasteiger partial charge in [-0.15, -0.1) is 11.3 Å². The molecule has 1 saturated carbocycles. The number of sulfonamides is 1. The molecule has 0 saturated heterocycles. The van der Waals surface area contributed by atoms with E-state index in [0.29, 0.717) is 8.55 Å². The molecule has 1 heterocycles. The van der Waals surface area contributed by atoms with Crippen molar-refractivity contribution in [3.05, 3.63) is 16.0 Å². The predicted octanol–water partition coefficient (Wildman–Crippen LogP) is 2.15. The molecule has 1 aromatic heterocycles. The molecule has 0 bridgehead atoms. The lowest BCUT2D eigenvalue weighted by Gasteiger charge is -2.00. The van der Waals surface area contributed by atoms with Gasteiger partial charge in [-0.05, 0) is 31.4 Å². The highest BCUT2D eigenvalue weighted by Gasteiger charge is 2.29. The van der Waals surface area contributed by atoms with Gasteiger partial charge in [0.2, 0.25) is 10.0 Å². The average molecular weight is 252 g/mol. The first-order valence-electron chi connectivity index (χ1n) is 4.27. The van der Waals surface area contributed by atoms with E-state index in [1.165, 1.54) is 0 Å². The van der Waals surface area contributed by atoms with E-state index in [1.54, 1.807) is 13.0 Å². The van der Waals surface area contributed by atoms with E-state index in [4.69, 9.17) is 11.6 Å². The highest BCUT2D eigenvalue weighted by atomic mass is 35.5. The Kier molecular flexibility index (Phi) is 2.59. The van der Waals surface area contributed by atoms with E-state index in [1.807, 2.05) is 0 Å². The molecule has 1 N–H and O–H groups in total. The largest absolute Gasteiger partial charge is 0.250 e. The molecule has 14 heavy (non-hydrogen) atoms. The van der Waals surface area contributed by atoms with Gasteiger partial charge < -0.3 is 0 Å². The Hall–Kier alpha value is -0.100. The minimum absolute atomic E-state index is 0.140. The molecule has 1 aliphatic rings. The molecule has 0 amide bonds. The molecule has 3 nitrogen and oxygen atoms in total. The number of nitrogens with one attached hydrogen (secondary N) is 1. The van der Waals surface area contributed by atoms with Gasteiger partial charge in [0.1, 0.15) is 4.21 Å². The molecule has 1 fully saturated rings. The summed E-state index contributed by atoms with van der Waals surface area (Å²) in [6.45, 7) is 1.80. The molecular formula is C8H10ClNO2S2. The maximum absolute atomic E-state index is 11.7. The molecule has 78 valence electrons. The third-order valence-corrected chi connectivity index (χ3v) is 5.55. The van der Waals surface area contributed by atoms with Crippen LogP contribution in [0, 0.1) is 6.92 Å². The summed E-state index contributed by atoms with van der Waals surface area (Å²) in [5.74, 6) is 0. The Bertz CT molecular complexity index is 428. The number of thiophene rings is 1. The lowest BCUT2D eigenvalue weighted by Crippen LogP contribution is -2.24. The van der Waals surface area contributed by atoms with Crippen molar-refractivity contribution in [2.75, 3.05) is 0 Å². The van der Waals surface area contributed by atoms with Crippen LogP contribution in [0.4, 0.5) is 0 Å². The van der Waals surface area contributed by atoms with Crippen molar-refractivity contribution >= 4 is 33.0 Å². The van der Waals surface area contributed by atoms with Crippen LogP contribution in [-0.4, -0.2) is 14.5 Å². The summed E-state index contributed by atoms with van der Waals surface area (Å²) in [6, 6.07) is 1.75. The number of rotatable bonds is 3. The lowest BCUT2D eigenvalue weighted by atomic mass is 10.4. The zero-order valence-corrected chi connectivity index (χ0v) is 9.97. The van der Waals surface area contributed by atoms with Crippen LogP contribution in [0.25, 0.3) is 0 Å². The molecule has 0 unspecified atom stereocenters. The van der Waals surface area contributed by atoms with Crippen LogP contribution < -0.4 is 4.72 Å². The van der Waals surface area contributed by atoms with Crippen molar-refractivity contribution in [1.82, 2.24) is 4.72 Å². The lowest BCUT2D eigenvalue weighted by molar-refractivity contribution is 0.583. The van der Waals surface area contributed by atoms with Crippen molar-refractivity contribution in [2.45, 2.75) is 30.0 Å². The van der Waals surface area contributed by atoms with Crippen molar-refractivity contribution in [3.63, 3.8) is 0 Å². The van der Waals surface area contributed by atoms with Crippen LogP contribution in [0.3, 0.4) is 0 Å². The van der Waals surface area contributed by atoms with E-state index in [9.17, 15) is 8.42 Å². The van der Waals surface area contributed by atoms with E-state index in [-0.39, 0.29) is 6.04 Å². The van der Waals surface area contributed by atoms with Gasteiger partial charge in [-0.3, -0.25) is 0 Å². The Morgan fingerprint density at radius 1 is 1.57 bits per heavy atom. The van der Waals surface area contributed by atoms with Crippen LogP contribution in [0.15, 0.2) is 10.3 Å². The SMILES string of the molecule is Cc1cc(S(=O)(=O)NC2CC2)sc1Cl. The van der Waals surface area contributed by atoms with Crippen LogP contribution in [-0.2, 0) is 10.0 Å². The monoisotopic (exact) mass is 251 g/mol. The molecule has 1 aliphatic carbocycles. The van der Waals surface area contributed by atoms with Crippen molar-refractivity contribution < 1.29 is 8.42 Å². The van der Waals surface area contributed by atoms with Crippen molar-refractivity contribution in [3.8, 4) is 0 Å². The van der Waals surface area contributed by atoms with E-state index in [2.05, 4.69) is 4.72 Å². The number of halogens is 1. The molecule has 6 heteroatoms. The molecule has 0 radical (unpaired) electrons. The Balaban J connectivity index is 2.28. The maximum atomic E-state index is 11.7. The minimum Gasteiger partial charge on any atom is -0.207 e. The maximum Gasteiger partial charge on any atom is 0.250 e. The van der Waals surface area contributed by atoms with Crippen molar-refractivity contribution in [1.29, 1.82) is 0 Å². The standard InChI is InChI=1S/C8H10ClNO2S2/c1-5-4-7(13-8(5)9)14(11,12)10-6-2-3-6/h4,6,10H,2-3H2,1H3. The zero-order chi connectivity index (χ0) is 10.3. The molecular weight excluding hydrogens is 242 g/mol. The van der Waals surface area contributed by atoms with Gasteiger partial charge in [0.25, 0.3) is 0 Å². The van der Waals surface area contributed by atoms with Gasteiger partial charge in [0.15, 0.2) is 0 Å². The first-order chi connectivity index (χ1) is 6.49. The molecule has 2 rings (SSSR count). The van der Waals surface area contributed by atoms with Crippen LogP contribution in [0.2, 0.25) is 4.34 Å². The van der Waals surface area contributed by atoms with Gasteiger partial charge >= 0.3 is 0 Å². The molecule has 0 aromatic carbocycles. The number of aryl methyl sites for hydroxylation is 1. The van der Waals surface area contributed by atoms with Gasteiger partial charge in [-0.25, -0.2) is 13.1 Å². The van der Waals surface area contributed by atoms with Gasteiger partial charge in [0, 0.05) is 6.04 Å². The quantitative estimate of drug-likeness (QED) is 0.895. The topological polar surface area (TPSA) is 46.2 Å². The average Bonchev–Trinajstić information content (AvgIpc) is 2.79. The van der Waals surface area contributed by atoms with Crippen LogP contribution in [0.1, 0.15) is 18.4 Å². The van der Waals surface area contributed by atoms with E-state index < -0.39 is 10.0 Å². The number of hydrogen-bond acceptors (Lipinski definition) is 3. The van der Waals surface area contributed by atoms with Crippen molar-refractivity contribution in [2.24, 2.45) is 0 Å². The van der Waals surface area contributed by atoms with E-state index >= 15 is 0 Å². The predicted molar refractivity (Wildman–Crippen MR) is 57.4 cm³/mol. The summed E-state index contributed by atoms with van der Waals surface area (Å²) < 4.78 is 26.8. The molecule has 0 aliphatic heterocycles. The summed E-state index contributed by atoms with van der Waals surface area (Å²) in [4.78, 5) is 0. The summed E-state index contributed by atoms with van der Waals surface area (Å²) in [6.07, 6.45) is 1.88. The van der Waals surface area contributed by atoms with Gasteiger partial charge in [0.05, 0.1) is 4.34 Å².